The summed E-state index contributed by atoms with van der Waals surface area (Å²) in [7, 11) is 0. The normalized spacial score (nSPS) is 20.8. The number of hydrogen-bond donors (Lipinski definition) is 1. The van der Waals surface area contributed by atoms with Crippen LogP contribution in [0.3, 0.4) is 0 Å². The number of carbonyl (C=O) groups is 1. The molecular weight excluding hydrogens is 446 g/mol. The number of benzene rings is 1. The van der Waals surface area contributed by atoms with Gasteiger partial charge in [-0.2, -0.15) is 0 Å². The van der Waals surface area contributed by atoms with E-state index >= 15 is 0 Å². The van der Waals surface area contributed by atoms with Gasteiger partial charge in [-0.3, -0.25) is 14.6 Å². The van der Waals surface area contributed by atoms with Crippen molar-refractivity contribution in [1.29, 1.82) is 0 Å². The molecule has 3 aliphatic rings. The lowest BCUT2D eigenvalue weighted by Gasteiger charge is -2.38. The van der Waals surface area contributed by atoms with E-state index in [1.54, 1.807) is 0 Å². The molecule has 7 heteroatoms. The van der Waals surface area contributed by atoms with E-state index in [9.17, 15) is 4.79 Å². The van der Waals surface area contributed by atoms with E-state index in [-0.39, 0.29) is 5.91 Å². The van der Waals surface area contributed by atoms with Gasteiger partial charge in [0.15, 0.2) is 0 Å². The maximum absolute atomic E-state index is 12.5. The van der Waals surface area contributed by atoms with Gasteiger partial charge >= 0.3 is 0 Å². The minimum absolute atomic E-state index is 0.0475. The van der Waals surface area contributed by atoms with Crippen LogP contribution in [-0.2, 0) is 6.54 Å². The third kappa shape index (κ3) is 6.09. The fourth-order valence-electron chi connectivity index (χ4n) is 5.22. The van der Waals surface area contributed by atoms with Crippen molar-refractivity contribution in [2.75, 3.05) is 50.7 Å². The van der Waals surface area contributed by atoms with Crippen molar-refractivity contribution in [3.8, 4) is 0 Å². The summed E-state index contributed by atoms with van der Waals surface area (Å²) in [6, 6.07) is 14.7. The van der Waals surface area contributed by atoms with Crippen LogP contribution >= 0.6 is 11.6 Å². The van der Waals surface area contributed by atoms with Gasteiger partial charge in [-0.05, 0) is 74.9 Å². The zero-order chi connectivity index (χ0) is 23.3. The summed E-state index contributed by atoms with van der Waals surface area (Å²) in [4.78, 5) is 24.8. The number of halogens is 1. The molecule has 0 unspecified atom stereocenters. The molecule has 34 heavy (non-hydrogen) atoms. The Balaban J connectivity index is 1.11. The molecular formula is C27H36ClN5O. The maximum atomic E-state index is 12.5. The van der Waals surface area contributed by atoms with E-state index in [2.05, 4.69) is 32.1 Å². The number of amides is 1. The van der Waals surface area contributed by atoms with Gasteiger partial charge in [-0.1, -0.05) is 35.9 Å². The summed E-state index contributed by atoms with van der Waals surface area (Å²) in [6.45, 7) is 8.09. The number of piperidine rings is 1. The maximum Gasteiger partial charge on any atom is 0.269 e. The molecule has 2 aromatic rings. The van der Waals surface area contributed by atoms with Crippen LogP contribution in [0.25, 0.3) is 0 Å². The second kappa shape index (κ2) is 11.1. The number of carbonyl (C=O) groups excluding carboxylic acids is 1. The first-order chi connectivity index (χ1) is 16.7. The lowest BCUT2D eigenvalue weighted by molar-refractivity contribution is 0.0947. The van der Waals surface area contributed by atoms with Crippen molar-refractivity contribution in [3.05, 3.63) is 58.7 Å². The van der Waals surface area contributed by atoms with Crippen molar-refractivity contribution in [2.45, 2.75) is 44.7 Å². The Morgan fingerprint density at radius 2 is 1.76 bits per heavy atom. The van der Waals surface area contributed by atoms with Crippen molar-refractivity contribution < 1.29 is 4.79 Å². The Morgan fingerprint density at radius 1 is 0.941 bits per heavy atom. The van der Waals surface area contributed by atoms with Gasteiger partial charge in [-0.25, -0.2) is 4.98 Å². The van der Waals surface area contributed by atoms with E-state index in [4.69, 9.17) is 16.6 Å². The van der Waals surface area contributed by atoms with Gasteiger partial charge in [0.25, 0.3) is 5.91 Å². The third-order valence-corrected chi connectivity index (χ3v) is 7.86. The summed E-state index contributed by atoms with van der Waals surface area (Å²) in [5.41, 5.74) is 1.76. The first-order valence-corrected chi connectivity index (χ1v) is 13.2. The van der Waals surface area contributed by atoms with Crippen LogP contribution in [0.1, 0.15) is 48.2 Å². The number of hydrogen-bond acceptors (Lipinski definition) is 5. The molecule has 0 atom stereocenters. The molecule has 0 bridgehead atoms. The number of nitrogens with one attached hydrogen (secondary N) is 1. The highest BCUT2D eigenvalue weighted by atomic mass is 35.5. The van der Waals surface area contributed by atoms with Gasteiger partial charge in [0.05, 0.1) is 0 Å². The average molecular weight is 482 g/mol. The third-order valence-electron chi connectivity index (χ3n) is 7.50. The SMILES string of the molecule is O=C(NCC1CC1)c1cccc(N2CCCN(C3CCN(Cc4ccccc4Cl)CC3)CC2)n1. The number of aromatic nitrogens is 1. The number of nitrogens with zero attached hydrogens (tertiary/aromatic N) is 4. The molecule has 6 nitrogen and oxygen atoms in total. The largest absolute Gasteiger partial charge is 0.355 e. The van der Waals surface area contributed by atoms with Crippen molar-refractivity contribution in [3.63, 3.8) is 0 Å². The molecule has 5 rings (SSSR count). The van der Waals surface area contributed by atoms with Gasteiger partial charge in [-0.15, -0.1) is 0 Å². The summed E-state index contributed by atoms with van der Waals surface area (Å²) in [6.07, 6.45) is 6.01. The van der Waals surface area contributed by atoms with Crippen LogP contribution in [0.2, 0.25) is 5.02 Å². The highest BCUT2D eigenvalue weighted by Crippen LogP contribution is 2.27. The molecule has 0 spiro atoms. The minimum Gasteiger partial charge on any atom is -0.355 e. The van der Waals surface area contributed by atoms with Crippen LogP contribution in [0, 0.1) is 5.92 Å². The quantitative estimate of drug-likeness (QED) is 0.646. The summed E-state index contributed by atoms with van der Waals surface area (Å²) in [5.74, 6) is 1.55. The number of likely N-dealkylation sites (tertiary alicyclic amines) is 1. The topological polar surface area (TPSA) is 51.7 Å². The summed E-state index contributed by atoms with van der Waals surface area (Å²) in [5, 5.41) is 3.91. The standard InChI is InChI=1S/C27H36ClN5O/c28-24-6-2-1-5-22(24)20-31-15-11-23(12-16-31)32-13-4-14-33(18-17-32)26-8-3-7-25(30-26)27(34)29-19-21-9-10-21/h1-3,5-8,21,23H,4,9-20H2,(H,29,34). The zero-order valence-corrected chi connectivity index (χ0v) is 20.7. The fraction of sp³-hybridized carbons (Fsp3) is 0.556. The summed E-state index contributed by atoms with van der Waals surface area (Å²) >= 11 is 6.37. The molecule has 2 saturated heterocycles. The molecule has 2 aliphatic heterocycles. The summed E-state index contributed by atoms with van der Waals surface area (Å²) < 4.78 is 0. The van der Waals surface area contributed by atoms with Gasteiger partial charge in [0, 0.05) is 50.3 Å². The molecule has 1 amide bonds. The van der Waals surface area contributed by atoms with E-state index in [1.807, 2.05) is 30.3 Å². The lowest BCUT2D eigenvalue weighted by atomic mass is 10.0. The fourth-order valence-corrected chi connectivity index (χ4v) is 5.41. The van der Waals surface area contributed by atoms with Crippen molar-refractivity contribution in [2.24, 2.45) is 5.92 Å². The molecule has 1 aliphatic carbocycles. The number of rotatable bonds is 7. The highest BCUT2D eigenvalue weighted by Gasteiger charge is 2.27. The van der Waals surface area contributed by atoms with Crippen LogP contribution in [0.4, 0.5) is 5.82 Å². The van der Waals surface area contributed by atoms with Crippen LogP contribution in [0.15, 0.2) is 42.5 Å². The Bertz CT molecular complexity index is 973. The zero-order valence-electron chi connectivity index (χ0n) is 20.0. The minimum atomic E-state index is -0.0475. The predicted octanol–water partition coefficient (Wildman–Crippen LogP) is 4.05. The number of pyridine rings is 1. The van der Waals surface area contributed by atoms with E-state index in [0.29, 0.717) is 17.7 Å². The molecule has 0 radical (unpaired) electrons. The van der Waals surface area contributed by atoms with E-state index in [0.717, 1.165) is 69.6 Å². The van der Waals surface area contributed by atoms with Crippen molar-refractivity contribution in [1.82, 2.24) is 20.1 Å². The van der Waals surface area contributed by atoms with Gasteiger partial charge < -0.3 is 10.2 Å². The van der Waals surface area contributed by atoms with Crippen LogP contribution in [0.5, 0.6) is 0 Å². The molecule has 3 fully saturated rings. The average Bonchev–Trinajstić information content (AvgIpc) is 3.72. The molecule has 1 aromatic heterocycles. The molecule has 1 aromatic carbocycles. The van der Waals surface area contributed by atoms with Crippen molar-refractivity contribution >= 4 is 23.3 Å². The first kappa shape index (κ1) is 23.6. The monoisotopic (exact) mass is 481 g/mol. The molecule has 1 saturated carbocycles. The van der Waals surface area contributed by atoms with Gasteiger partial charge in [0.2, 0.25) is 0 Å². The van der Waals surface area contributed by atoms with Crippen LogP contribution in [-0.4, -0.2) is 72.5 Å². The smallest absolute Gasteiger partial charge is 0.269 e. The Kier molecular flexibility index (Phi) is 7.67. The Labute approximate surface area is 208 Å². The first-order valence-electron chi connectivity index (χ1n) is 12.9. The highest BCUT2D eigenvalue weighted by molar-refractivity contribution is 6.31. The van der Waals surface area contributed by atoms with E-state index in [1.165, 1.54) is 31.2 Å². The van der Waals surface area contributed by atoms with Gasteiger partial charge in [0.1, 0.15) is 11.5 Å². The molecule has 182 valence electrons. The number of anilines is 1. The van der Waals surface area contributed by atoms with Crippen LogP contribution < -0.4 is 10.2 Å². The predicted molar refractivity (Wildman–Crippen MR) is 137 cm³/mol. The molecule has 3 heterocycles. The Hall–Kier alpha value is -2.15. The molecule has 1 N–H and O–H groups in total. The second-order valence-corrected chi connectivity index (χ2v) is 10.4. The Morgan fingerprint density at radius 3 is 2.56 bits per heavy atom. The lowest BCUT2D eigenvalue weighted by Crippen LogP contribution is -2.46. The second-order valence-electron chi connectivity index (χ2n) is 10.0. The van der Waals surface area contributed by atoms with E-state index < -0.39 is 0 Å².